The highest BCUT2D eigenvalue weighted by atomic mass is 16.5. The molecule has 0 aliphatic carbocycles. The standard InChI is InChI=1S/C21H32N2O3/c1-5-17-9-7-8-14-23(17)21(25)19(15(3)4)22-20(24)16-10-12-18(13-11-16)26-6-2/h10-13,15,17,19H,5-9,14H2,1-4H3,(H,22,24). The minimum absolute atomic E-state index is 0.0357. The smallest absolute Gasteiger partial charge is 0.251 e. The largest absolute Gasteiger partial charge is 0.494 e. The van der Waals surface area contributed by atoms with E-state index in [9.17, 15) is 9.59 Å². The molecule has 1 saturated heterocycles. The van der Waals surface area contributed by atoms with Crippen molar-refractivity contribution in [3.63, 3.8) is 0 Å². The van der Waals surface area contributed by atoms with E-state index in [1.165, 1.54) is 6.42 Å². The number of rotatable bonds is 7. The summed E-state index contributed by atoms with van der Waals surface area (Å²) >= 11 is 0. The number of hydrogen-bond donors (Lipinski definition) is 1. The molecule has 2 atom stereocenters. The first kappa shape index (κ1) is 20.3. The Bertz CT molecular complexity index is 598. The molecule has 1 aliphatic rings. The van der Waals surface area contributed by atoms with Gasteiger partial charge in [-0.2, -0.15) is 0 Å². The van der Waals surface area contributed by atoms with Crippen LogP contribution >= 0.6 is 0 Å². The molecule has 5 heteroatoms. The molecule has 1 aromatic carbocycles. The van der Waals surface area contributed by atoms with Crippen LogP contribution in [0.1, 0.15) is 63.7 Å². The van der Waals surface area contributed by atoms with Crippen molar-refractivity contribution in [2.24, 2.45) is 5.92 Å². The number of carbonyl (C=O) groups excluding carboxylic acids is 2. The van der Waals surface area contributed by atoms with E-state index in [0.29, 0.717) is 18.2 Å². The zero-order valence-corrected chi connectivity index (χ0v) is 16.5. The van der Waals surface area contributed by atoms with Gasteiger partial charge in [0, 0.05) is 18.2 Å². The lowest BCUT2D eigenvalue weighted by atomic mass is 9.96. The average molecular weight is 360 g/mol. The molecule has 1 fully saturated rings. The van der Waals surface area contributed by atoms with Gasteiger partial charge in [0.15, 0.2) is 0 Å². The Morgan fingerprint density at radius 3 is 2.46 bits per heavy atom. The second-order valence-corrected chi connectivity index (χ2v) is 7.24. The number of benzene rings is 1. The van der Waals surface area contributed by atoms with Gasteiger partial charge in [0.25, 0.3) is 5.91 Å². The molecule has 2 rings (SSSR count). The van der Waals surface area contributed by atoms with Gasteiger partial charge >= 0.3 is 0 Å². The van der Waals surface area contributed by atoms with Crippen LogP contribution < -0.4 is 10.1 Å². The van der Waals surface area contributed by atoms with Crippen LogP contribution in [0.3, 0.4) is 0 Å². The number of nitrogens with one attached hydrogen (secondary N) is 1. The van der Waals surface area contributed by atoms with Gasteiger partial charge < -0.3 is 15.0 Å². The number of amides is 2. The Balaban J connectivity index is 2.09. The van der Waals surface area contributed by atoms with Gasteiger partial charge in [0.2, 0.25) is 5.91 Å². The molecule has 0 spiro atoms. The third kappa shape index (κ3) is 4.99. The highest BCUT2D eigenvalue weighted by molar-refractivity contribution is 5.97. The van der Waals surface area contributed by atoms with E-state index in [2.05, 4.69) is 12.2 Å². The summed E-state index contributed by atoms with van der Waals surface area (Å²) in [5.41, 5.74) is 0.539. The van der Waals surface area contributed by atoms with Gasteiger partial charge in [0.1, 0.15) is 11.8 Å². The predicted octanol–water partition coefficient (Wildman–Crippen LogP) is 3.63. The molecule has 26 heavy (non-hydrogen) atoms. The molecule has 1 heterocycles. The van der Waals surface area contributed by atoms with E-state index in [-0.39, 0.29) is 17.7 Å². The van der Waals surface area contributed by atoms with Crippen molar-refractivity contribution in [1.82, 2.24) is 10.2 Å². The SMILES string of the molecule is CCOc1ccc(C(=O)NC(C(=O)N2CCCCC2CC)C(C)C)cc1. The van der Waals surface area contributed by atoms with E-state index in [4.69, 9.17) is 4.74 Å². The molecule has 0 saturated carbocycles. The van der Waals surface area contributed by atoms with Crippen LogP contribution in [-0.4, -0.2) is 41.9 Å². The molecular formula is C21H32N2O3. The quantitative estimate of drug-likeness (QED) is 0.808. The summed E-state index contributed by atoms with van der Waals surface area (Å²) in [7, 11) is 0. The molecular weight excluding hydrogens is 328 g/mol. The van der Waals surface area contributed by atoms with Crippen LogP contribution in [0.25, 0.3) is 0 Å². The predicted molar refractivity (Wildman–Crippen MR) is 103 cm³/mol. The van der Waals surface area contributed by atoms with E-state index in [1.807, 2.05) is 25.7 Å². The fourth-order valence-electron chi connectivity index (χ4n) is 3.50. The lowest BCUT2D eigenvalue weighted by Gasteiger charge is -2.38. The minimum Gasteiger partial charge on any atom is -0.494 e. The summed E-state index contributed by atoms with van der Waals surface area (Å²) in [6, 6.07) is 6.82. The molecule has 1 aromatic rings. The van der Waals surface area contributed by atoms with Crippen molar-refractivity contribution in [2.75, 3.05) is 13.2 Å². The summed E-state index contributed by atoms with van der Waals surface area (Å²) in [4.78, 5) is 27.7. The molecule has 2 unspecified atom stereocenters. The first-order valence-corrected chi connectivity index (χ1v) is 9.82. The van der Waals surface area contributed by atoms with Crippen molar-refractivity contribution in [1.29, 1.82) is 0 Å². The van der Waals surface area contributed by atoms with E-state index < -0.39 is 6.04 Å². The fourth-order valence-corrected chi connectivity index (χ4v) is 3.50. The lowest BCUT2D eigenvalue weighted by Crippen LogP contribution is -2.55. The molecule has 0 aromatic heterocycles. The van der Waals surface area contributed by atoms with Crippen molar-refractivity contribution in [3.05, 3.63) is 29.8 Å². The summed E-state index contributed by atoms with van der Waals surface area (Å²) in [6.07, 6.45) is 4.23. The Kier molecular flexibility index (Phi) is 7.49. The van der Waals surface area contributed by atoms with E-state index >= 15 is 0 Å². The zero-order valence-electron chi connectivity index (χ0n) is 16.5. The number of piperidine rings is 1. The molecule has 5 nitrogen and oxygen atoms in total. The molecule has 0 bridgehead atoms. The maximum Gasteiger partial charge on any atom is 0.251 e. The van der Waals surface area contributed by atoms with Crippen LogP contribution in [0.4, 0.5) is 0 Å². The second kappa shape index (κ2) is 9.60. The van der Waals surface area contributed by atoms with Gasteiger partial charge in [0.05, 0.1) is 6.61 Å². The van der Waals surface area contributed by atoms with Crippen LogP contribution in [0.2, 0.25) is 0 Å². The Labute approximate surface area is 157 Å². The normalized spacial score (nSPS) is 18.5. The van der Waals surface area contributed by atoms with Crippen molar-refractivity contribution in [3.8, 4) is 5.75 Å². The third-order valence-electron chi connectivity index (χ3n) is 5.03. The maximum absolute atomic E-state index is 13.1. The number of ether oxygens (including phenoxy) is 1. The number of hydrogen-bond acceptors (Lipinski definition) is 3. The zero-order chi connectivity index (χ0) is 19.1. The number of nitrogens with zero attached hydrogens (tertiary/aromatic N) is 1. The molecule has 1 aliphatic heterocycles. The first-order valence-electron chi connectivity index (χ1n) is 9.82. The van der Waals surface area contributed by atoms with Gasteiger partial charge in [-0.1, -0.05) is 20.8 Å². The van der Waals surface area contributed by atoms with Crippen LogP contribution in [0.5, 0.6) is 5.75 Å². The number of carbonyl (C=O) groups is 2. The van der Waals surface area contributed by atoms with Gasteiger partial charge in [-0.3, -0.25) is 9.59 Å². The van der Waals surface area contributed by atoms with E-state index in [1.54, 1.807) is 24.3 Å². The van der Waals surface area contributed by atoms with Crippen molar-refractivity contribution < 1.29 is 14.3 Å². The number of likely N-dealkylation sites (tertiary alicyclic amines) is 1. The Hall–Kier alpha value is -2.04. The topological polar surface area (TPSA) is 58.6 Å². The first-order chi connectivity index (χ1) is 12.5. The van der Waals surface area contributed by atoms with Gasteiger partial charge in [-0.05, 0) is 62.8 Å². The van der Waals surface area contributed by atoms with Gasteiger partial charge in [-0.15, -0.1) is 0 Å². The maximum atomic E-state index is 13.1. The summed E-state index contributed by atoms with van der Waals surface area (Å²) < 4.78 is 5.41. The summed E-state index contributed by atoms with van der Waals surface area (Å²) in [5, 5.41) is 2.95. The molecule has 2 amide bonds. The summed E-state index contributed by atoms with van der Waals surface area (Å²) in [5.74, 6) is 0.601. The highest BCUT2D eigenvalue weighted by Gasteiger charge is 2.33. The summed E-state index contributed by atoms with van der Waals surface area (Å²) in [6.45, 7) is 9.38. The third-order valence-corrected chi connectivity index (χ3v) is 5.03. The monoisotopic (exact) mass is 360 g/mol. The van der Waals surface area contributed by atoms with Crippen LogP contribution in [-0.2, 0) is 4.79 Å². The van der Waals surface area contributed by atoms with Crippen molar-refractivity contribution in [2.45, 2.75) is 65.5 Å². The minimum atomic E-state index is -0.499. The Morgan fingerprint density at radius 1 is 1.19 bits per heavy atom. The highest BCUT2D eigenvalue weighted by Crippen LogP contribution is 2.22. The molecule has 1 N–H and O–H groups in total. The van der Waals surface area contributed by atoms with Crippen molar-refractivity contribution >= 4 is 11.8 Å². The second-order valence-electron chi connectivity index (χ2n) is 7.24. The average Bonchev–Trinajstić information content (AvgIpc) is 2.66. The lowest BCUT2D eigenvalue weighted by molar-refractivity contribution is -0.138. The fraction of sp³-hybridized carbons (Fsp3) is 0.619. The van der Waals surface area contributed by atoms with Crippen LogP contribution in [0, 0.1) is 5.92 Å². The Morgan fingerprint density at radius 2 is 1.88 bits per heavy atom. The molecule has 0 radical (unpaired) electrons. The molecule has 144 valence electrons. The van der Waals surface area contributed by atoms with Gasteiger partial charge in [-0.25, -0.2) is 0 Å². The van der Waals surface area contributed by atoms with Crippen LogP contribution in [0.15, 0.2) is 24.3 Å². The van der Waals surface area contributed by atoms with E-state index in [0.717, 1.165) is 31.6 Å².